The van der Waals surface area contributed by atoms with Gasteiger partial charge in [-0.2, -0.15) is 0 Å². The molecule has 6 nitrogen and oxygen atoms in total. The van der Waals surface area contributed by atoms with Gasteiger partial charge in [0.2, 0.25) is 0 Å². The maximum Gasteiger partial charge on any atom is 0.269 e. The number of hydrazine groups is 1. The topological polar surface area (TPSA) is 70.4 Å². The Morgan fingerprint density at radius 1 is 1.17 bits per heavy atom. The van der Waals surface area contributed by atoms with Gasteiger partial charge in [-0.25, -0.2) is 5.43 Å². The number of hydrogen-bond donors (Lipinski definition) is 2. The molecule has 1 atom stereocenters. The molecule has 0 spiro atoms. The lowest BCUT2D eigenvalue weighted by atomic mass is 10.0. The quantitative estimate of drug-likeness (QED) is 0.494. The number of nitro benzene ring substituents is 1. The van der Waals surface area contributed by atoms with Crippen LogP contribution in [0.5, 0.6) is 0 Å². The van der Waals surface area contributed by atoms with E-state index in [2.05, 4.69) is 22.9 Å². The summed E-state index contributed by atoms with van der Waals surface area (Å²) in [5.41, 5.74) is 5.09. The fraction of sp³-hybridized carbons (Fsp3) is 0.235. The molecule has 24 heavy (non-hydrogen) atoms. The maximum atomic E-state index is 10.8. The Morgan fingerprint density at radius 3 is 2.46 bits per heavy atom. The van der Waals surface area contributed by atoms with Gasteiger partial charge in [0.25, 0.3) is 5.69 Å². The lowest BCUT2D eigenvalue weighted by Gasteiger charge is -2.25. The molecule has 2 N–H and O–H groups in total. The van der Waals surface area contributed by atoms with Crippen molar-refractivity contribution in [3.05, 3.63) is 70.3 Å². The summed E-state index contributed by atoms with van der Waals surface area (Å²) in [6.45, 7) is 2.05. The first-order valence-electron chi connectivity index (χ1n) is 7.65. The molecule has 0 aromatic heterocycles. The molecular formula is C17H18N4O2S. The van der Waals surface area contributed by atoms with Gasteiger partial charge >= 0.3 is 0 Å². The number of anilines is 1. The van der Waals surface area contributed by atoms with E-state index in [1.165, 1.54) is 17.7 Å². The molecular weight excluding hydrogens is 324 g/mol. The fourth-order valence-corrected chi connectivity index (χ4v) is 3.06. The van der Waals surface area contributed by atoms with Gasteiger partial charge in [0.05, 0.1) is 10.6 Å². The summed E-state index contributed by atoms with van der Waals surface area (Å²) in [6, 6.07) is 16.6. The second-order valence-electron chi connectivity index (χ2n) is 5.97. The normalized spacial score (nSPS) is 20.0. The second-order valence-corrected chi connectivity index (χ2v) is 6.36. The summed E-state index contributed by atoms with van der Waals surface area (Å²) >= 11 is 5.41. The van der Waals surface area contributed by atoms with Crippen molar-refractivity contribution in [2.24, 2.45) is 0 Å². The van der Waals surface area contributed by atoms with Gasteiger partial charge in [-0.1, -0.05) is 30.3 Å². The molecule has 0 saturated carbocycles. The largest absolute Gasteiger partial charge is 0.342 e. The summed E-state index contributed by atoms with van der Waals surface area (Å²) in [5.74, 6) is 0. The number of benzene rings is 2. The summed E-state index contributed by atoms with van der Waals surface area (Å²) in [6.07, 6.45) is 1.76. The van der Waals surface area contributed by atoms with Crippen LogP contribution < -0.4 is 15.8 Å². The number of non-ortho nitro benzene ring substituents is 1. The number of aryl methyl sites for hydroxylation is 1. The van der Waals surface area contributed by atoms with Gasteiger partial charge in [-0.3, -0.25) is 15.1 Å². The number of rotatable bonds is 5. The molecule has 3 rings (SSSR count). The van der Waals surface area contributed by atoms with Crippen molar-refractivity contribution in [2.75, 3.05) is 5.01 Å². The van der Waals surface area contributed by atoms with Crippen molar-refractivity contribution in [3.8, 4) is 0 Å². The first-order valence-corrected chi connectivity index (χ1v) is 8.06. The highest BCUT2D eigenvalue weighted by Crippen LogP contribution is 2.24. The summed E-state index contributed by atoms with van der Waals surface area (Å²) < 4.78 is 0. The van der Waals surface area contributed by atoms with Crippen molar-refractivity contribution >= 4 is 28.7 Å². The standard InChI is InChI=1S/C17H18N4O2S/c1-17(12-11-13-5-3-2-4-6-13)18-16(24)20(19-17)14-7-9-15(10-8-14)21(22)23/h2-10,19H,11-12H2,1H3,(H,18,24)/t17-/m1/s1. The summed E-state index contributed by atoms with van der Waals surface area (Å²) in [4.78, 5) is 10.3. The van der Waals surface area contributed by atoms with Gasteiger partial charge in [-0.15, -0.1) is 0 Å². The first-order chi connectivity index (χ1) is 11.5. The Kier molecular flexibility index (Phi) is 4.46. The van der Waals surface area contributed by atoms with E-state index >= 15 is 0 Å². The van der Waals surface area contributed by atoms with E-state index in [1.54, 1.807) is 17.1 Å². The van der Waals surface area contributed by atoms with Crippen LogP contribution in [0.25, 0.3) is 0 Å². The van der Waals surface area contributed by atoms with Gasteiger partial charge in [0, 0.05) is 12.1 Å². The summed E-state index contributed by atoms with van der Waals surface area (Å²) in [7, 11) is 0. The van der Waals surface area contributed by atoms with Crippen LogP contribution in [0.4, 0.5) is 11.4 Å². The fourth-order valence-electron chi connectivity index (χ4n) is 2.68. The molecule has 124 valence electrons. The van der Waals surface area contributed by atoms with Crippen LogP contribution in [0.1, 0.15) is 18.9 Å². The zero-order chi connectivity index (χ0) is 17.2. The third-order valence-corrected chi connectivity index (χ3v) is 4.30. The predicted molar refractivity (Wildman–Crippen MR) is 97.6 cm³/mol. The van der Waals surface area contributed by atoms with Crippen LogP contribution in [-0.4, -0.2) is 15.7 Å². The molecule has 0 unspecified atom stereocenters. The van der Waals surface area contributed by atoms with E-state index in [0.29, 0.717) is 5.11 Å². The third kappa shape index (κ3) is 3.52. The predicted octanol–water partition coefficient (Wildman–Crippen LogP) is 3.14. The van der Waals surface area contributed by atoms with Gasteiger partial charge in [0.15, 0.2) is 5.11 Å². The number of nitrogens with zero attached hydrogens (tertiary/aromatic N) is 2. The highest BCUT2D eigenvalue weighted by atomic mass is 32.1. The average molecular weight is 342 g/mol. The van der Waals surface area contributed by atoms with Crippen molar-refractivity contribution in [3.63, 3.8) is 0 Å². The minimum Gasteiger partial charge on any atom is -0.342 e. The van der Waals surface area contributed by atoms with Crippen molar-refractivity contribution in [1.29, 1.82) is 0 Å². The van der Waals surface area contributed by atoms with Crippen LogP contribution in [0.15, 0.2) is 54.6 Å². The lowest BCUT2D eigenvalue weighted by Crippen LogP contribution is -2.48. The molecule has 1 heterocycles. The molecule has 7 heteroatoms. The Hall–Kier alpha value is -2.51. The van der Waals surface area contributed by atoms with Crippen LogP contribution in [-0.2, 0) is 6.42 Å². The Balaban J connectivity index is 1.69. The van der Waals surface area contributed by atoms with E-state index in [1.807, 2.05) is 25.1 Å². The van der Waals surface area contributed by atoms with Gasteiger partial charge in [-0.05, 0) is 49.7 Å². The average Bonchev–Trinajstić information content (AvgIpc) is 2.89. The second kappa shape index (κ2) is 6.54. The van der Waals surface area contributed by atoms with Crippen molar-refractivity contribution in [1.82, 2.24) is 10.7 Å². The van der Waals surface area contributed by atoms with E-state index in [0.717, 1.165) is 18.5 Å². The zero-order valence-corrected chi connectivity index (χ0v) is 14.0. The molecule has 1 aliphatic rings. The Morgan fingerprint density at radius 2 is 1.83 bits per heavy atom. The van der Waals surface area contributed by atoms with Gasteiger partial charge < -0.3 is 5.32 Å². The van der Waals surface area contributed by atoms with Crippen LogP contribution in [0, 0.1) is 10.1 Å². The molecule has 0 amide bonds. The molecule has 0 radical (unpaired) electrons. The number of thiocarbonyl (C=S) groups is 1. The summed E-state index contributed by atoms with van der Waals surface area (Å²) in [5, 5.41) is 16.4. The molecule has 0 aliphatic carbocycles. The first kappa shape index (κ1) is 16.4. The Labute approximate surface area is 145 Å². The number of nitro groups is 1. The number of nitrogens with one attached hydrogen (secondary N) is 2. The van der Waals surface area contributed by atoms with Gasteiger partial charge in [0.1, 0.15) is 5.66 Å². The van der Waals surface area contributed by atoms with E-state index in [-0.39, 0.29) is 11.4 Å². The highest BCUT2D eigenvalue weighted by molar-refractivity contribution is 7.80. The van der Waals surface area contributed by atoms with Crippen molar-refractivity contribution < 1.29 is 4.92 Å². The SMILES string of the molecule is C[C@@]1(CCc2ccccc2)NC(=S)N(c2ccc([N+](=O)[O-])cc2)N1. The number of hydrogen-bond acceptors (Lipinski definition) is 4. The molecule has 2 aromatic rings. The highest BCUT2D eigenvalue weighted by Gasteiger charge is 2.36. The van der Waals surface area contributed by atoms with Crippen molar-refractivity contribution in [2.45, 2.75) is 25.4 Å². The monoisotopic (exact) mass is 342 g/mol. The molecule has 1 fully saturated rings. The molecule has 1 aliphatic heterocycles. The van der Waals surface area contributed by atoms with E-state index in [4.69, 9.17) is 12.2 Å². The van der Waals surface area contributed by atoms with Crippen LogP contribution >= 0.6 is 12.2 Å². The third-order valence-electron chi connectivity index (χ3n) is 4.02. The van der Waals surface area contributed by atoms with E-state index in [9.17, 15) is 10.1 Å². The van der Waals surface area contributed by atoms with E-state index < -0.39 is 4.92 Å². The van der Waals surface area contributed by atoms with Crippen LogP contribution in [0.2, 0.25) is 0 Å². The maximum absolute atomic E-state index is 10.8. The smallest absolute Gasteiger partial charge is 0.269 e. The molecule has 2 aromatic carbocycles. The minimum atomic E-state index is -0.415. The lowest BCUT2D eigenvalue weighted by molar-refractivity contribution is -0.384. The Bertz CT molecular complexity index is 751. The van der Waals surface area contributed by atoms with Crippen LogP contribution in [0.3, 0.4) is 0 Å². The minimum absolute atomic E-state index is 0.0589. The molecule has 1 saturated heterocycles. The molecule has 0 bridgehead atoms. The zero-order valence-electron chi connectivity index (χ0n) is 13.2.